The summed E-state index contributed by atoms with van der Waals surface area (Å²) in [6.07, 6.45) is 2.59. The number of unbranched alkanes of at least 4 members (excludes halogenated alkanes) is 1. The Balaban J connectivity index is 2.17. The molecule has 3 heteroatoms. The van der Waals surface area contributed by atoms with Crippen molar-refractivity contribution in [2.75, 3.05) is 0 Å². The molecule has 3 aromatic carbocycles. The van der Waals surface area contributed by atoms with Crippen molar-refractivity contribution in [1.82, 2.24) is 0 Å². The maximum absolute atomic E-state index is 12.6. The molecule has 3 aromatic rings. The average molecular weight is 386 g/mol. The van der Waals surface area contributed by atoms with Crippen molar-refractivity contribution < 1.29 is 9.90 Å². The molecule has 0 aromatic heterocycles. The Kier molecular flexibility index (Phi) is 6.96. The zero-order valence-corrected chi connectivity index (χ0v) is 16.8. The van der Waals surface area contributed by atoms with Gasteiger partial charge in [0, 0.05) is 17.5 Å². The summed E-state index contributed by atoms with van der Waals surface area (Å²) in [5.74, 6) is -0.876. The topological polar surface area (TPSA) is 49.7 Å². The van der Waals surface area contributed by atoms with Crippen LogP contribution in [-0.4, -0.2) is 22.3 Å². The molecule has 0 amide bonds. The van der Waals surface area contributed by atoms with E-state index in [1.54, 1.807) is 0 Å². The standard InChI is InChI=1S/C26H27NO2/c1-2-3-19-26(25(28)29,20-21-13-7-4-8-14-21)27-24(22-15-9-5-10-16-22)23-17-11-6-12-18-23/h4-18H,2-3,19-20H2,1H3,(H,28,29). The number of aliphatic imine (C=N–C) groups is 1. The maximum atomic E-state index is 12.6. The van der Waals surface area contributed by atoms with E-state index in [0.717, 1.165) is 35.2 Å². The quantitative estimate of drug-likeness (QED) is 0.475. The van der Waals surface area contributed by atoms with Crippen molar-refractivity contribution in [2.45, 2.75) is 38.1 Å². The van der Waals surface area contributed by atoms with E-state index < -0.39 is 11.5 Å². The van der Waals surface area contributed by atoms with Gasteiger partial charge in [0.05, 0.1) is 5.71 Å². The average Bonchev–Trinajstić information content (AvgIpc) is 2.77. The summed E-state index contributed by atoms with van der Waals surface area (Å²) in [7, 11) is 0. The Labute approximate surface area is 172 Å². The van der Waals surface area contributed by atoms with Crippen LogP contribution in [0.3, 0.4) is 0 Å². The first kappa shape index (κ1) is 20.5. The summed E-state index contributed by atoms with van der Waals surface area (Å²) in [5.41, 5.74) is 2.34. The zero-order chi connectivity index (χ0) is 20.5. The van der Waals surface area contributed by atoms with E-state index in [9.17, 15) is 9.90 Å². The highest BCUT2D eigenvalue weighted by molar-refractivity contribution is 6.13. The van der Waals surface area contributed by atoms with Crippen LogP contribution in [0.5, 0.6) is 0 Å². The fourth-order valence-electron chi connectivity index (χ4n) is 3.52. The van der Waals surface area contributed by atoms with Crippen LogP contribution in [0.1, 0.15) is 42.9 Å². The van der Waals surface area contributed by atoms with Crippen LogP contribution in [0.2, 0.25) is 0 Å². The third-order valence-corrected chi connectivity index (χ3v) is 5.10. The lowest BCUT2D eigenvalue weighted by molar-refractivity contribution is -0.143. The summed E-state index contributed by atoms with van der Waals surface area (Å²) >= 11 is 0. The van der Waals surface area contributed by atoms with Gasteiger partial charge < -0.3 is 5.11 Å². The Morgan fingerprint density at radius 3 is 1.76 bits per heavy atom. The highest BCUT2D eigenvalue weighted by Gasteiger charge is 2.38. The van der Waals surface area contributed by atoms with Crippen molar-refractivity contribution in [3.63, 3.8) is 0 Å². The SMILES string of the molecule is CCCCC(Cc1ccccc1)(N=C(c1ccccc1)c1ccccc1)C(=O)O. The number of carboxylic acids is 1. The van der Waals surface area contributed by atoms with E-state index in [1.807, 2.05) is 91.0 Å². The molecule has 0 saturated heterocycles. The summed E-state index contributed by atoms with van der Waals surface area (Å²) in [5, 5.41) is 10.3. The van der Waals surface area contributed by atoms with Gasteiger partial charge in [-0.1, -0.05) is 111 Å². The van der Waals surface area contributed by atoms with Crippen LogP contribution in [0.15, 0.2) is 96.0 Å². The van der Waals surface area contributed by atoms with Gasteiger partial charge in [-0.2, -0.15) is 0 Å². The van der Waals surface area contributed by atoms with Crippen molar-refractivity contribution in [3.05, 3.63) is 108 Å². The number of carboxylic acid groups (broad SMARTS) is 1. The Bertz CT molecular complexity index is 895. The second kappa shape index (κ2) is 9.83. The molecule has 1 atom stereocenters. The van der Waals surface area contributed by atoms with Crippen molar-refractivity contribution in [1.29, 1.82) is 0 Å². The fraction of sp³-hybridized carbons (Fsp3) is 0.231. The normalized spacial score (nSPS) is 12.7. The molecule has 0 spiro atoms. The van der Waals surface area contributed by atoms with Crippen LogP contribution >= 0.6 is 0 Å². The van der Waals surface area contributed by atoms with Crippen LogP contribution in [0.25, 0.3) is 0 Å². The van der Waals surface area contributed by atoms with Gasteiger partial charge in [-0.05, 0) is 12.0 Å². The molecule has 0 aliphatic rings. The lowest BCUT2D eigenvalue weighted by atomic mass is 9.85. The molecule has 0 aliphatic heterocycles. The first-order valence-electron chi connectivity index (χ1n) is 10.1. The Morgan fingerprint density at radius 2 is 1.31 bits per heavy atom. The lowest BCUT2D eigenvalue weighted by Crippen LogP contribution is -2.40. The minimum atomic E-state index is -1.21. The number of carbonyl (C=O) groups is 1. The third kappa shape index (κ3) is 5.20. The molecule has 0 aliphatic carbocycles. The van der Waals surface area contributed by atoms with Gasteiger partial charge in [0.25, 0.3) is 0 Å². The van der Waals surface area contributed by atoms with E-state index >= 15 is 0 Å². The number of rotatable bonds is 9. The fourth-order valence-corrected chi connectivity index (χ4v) is 3.52. The second-order valence-corrected chi connectivity index (χ2v) is 7.30. The number of benzene rings is 3. The highest BCUT2D eigenvalue weighted by atomic mass is 16.4. The van der Waals surface area contributed by atoms with Gasteiger partial charge in [0.2, 0.25) is 0 Å². The summed E-state index contributed by atoms with van der Waals surface area (Å²) in [4.78, 5) is 17.6. The predicted octanol–water partition coefficient (Wildman–Crippen LogP) is 5.78. The van der Waals surface area contributed by atoms with Crippen molar-refractivity contribution in [3.8, 4) is 0 Å². The largest absolute Gasteiger partial charge is 0.479 e. The third-order valence-electron chi connectivity index (χ3n) is 5.10. The minimum absolute atomic E-state index is 0.367. The van der Waals surface area contributed by atoms with E-state index in [0.29, 0.717) is 12.8 Å². The van der Waals surface area contributed by atoms with E-state index in [1.165, 1.54) is 0 Å². The molecule has 0 fully saturated rings. The van der Waals surface area contributed by atoms with E-state index in [-0.39, 0.29) is 0 Å². The molecular weight excluding hydrogens is 358 g/mol. The molecule has 0 heterocycles. The van der Waals surface area contributed by atoms with Crippen LogP contribution < -0.4 is 0 Å². The van der Waals surface area contributed by atoms with E-state index in [2.05, 4.69) is 6.92 Å². The molecule has 1 unspecified atom stereocenters. The van der Waals surface area contributed by atoms with Crippen molar-refractivity contribution in [2.24, 2.45) is 4.99 Å². The molecule has 1 N–H and O–H groups in total. The smallest absolute Gasteiger partial charge is 0.331 e. The monoisotopic (exact) mass is 385 g/mol. The predicted molar refractivity (Wildman–Crippen MR) is 119 cm³/mol. The van der Waals surface area contributed by atoms with Gasteiger partial charge in [-0.15, -0.1) is 0 Å². The Morgan fingerprint density at radius 1 is 0.828 bits per heavy atom. The second-order valence-electron chi connectivity index (χ2n) is 7.30. The molecule has 0 saturated carbocycles. The summed E-state index contributed by atoms with van der Waals surface area (Å²) < 4.78 is 0. The number of hydrogen-bond acceptors (Lipinski definition) is 2. The molecule has 0 radical (unpaired) electrons. The summed E-state index contributed by atoms with van der Waals surface area (Å²) in [6, 6.07) is 29.5. The number of aliphatic carboxylic acids is 1. The van der Waals surface area contributed by atoms with Gasteiger partial charge in [-0.3, -0.25) is 4.99 Å². The molecule has 29 heavy (non-hydrogen) atoms. The lowest BCUT2D eigenvalue weighted by Gasteiger charge is -2.27. The number of hydrogen-bond donors (Lipinski definition) is 1. The molecule has 148 valence electrons. The van der Waals surface area contributed by atoms with Gasteiger partial charge >= 0.3 is 5.97 Å². The molecular formula is C26H27NO2. The van der Waals surface area contributed by atoms with Crippen LogP contribution in [0, 0.1) is 0 Å². The first-order chi connectivity index (χ1) is 14.1. The summed E-state index contributed by atoms with van der Waals surface area (Å²) in [6.45, 7) is 2.08. The maximum Gasteiger partial charge on any atom is 0.331 e. The van der Waals surface area contributed by atoms with E-state index in [4.69, 9.17) is 4.99 Å². The molecule has 3 nitrogen and oxygen atoms in total. The van der Waals surface area contributed by atoms with Gasteiger partial charge in [0.1, 0.15) is 0 Å². The number of nitrogens with zero attached hydrogens (tertiary/aromatic N) is 1. The van der Waals surface area contributed by atoms with Crippen molar-refractivity contribution >= 4 is 11.7 Å². The van der Waals surface area contributed by atoms with Gasteiger partial charge in [0.15, 0.2) is 5.54 Å². The Hall–Kier alpha value is -3.20. The van der Waals surface area contributed by atoms with Crippen LogP contribution in [0.4, 0.5) is 0 Å². The molecule has 0 bridgehead atoms. The minimum Gasteiger partial charge on any atom is -0.479 e. The van der Waals surface area contributed by atoms with Crippen LogP contribution in [-0.2, 0) is 11.2 Å². The first-order valence-corrected chi connectivity index (χ1v) is 10.1. The van der Waals surface area contributed by atoms with Gasteiger partial charge in [-0.25, -0.2) is 4.79 Å². The highest BCUT2D eigenvalue weighted by Crippen LogP contribution is 2.28. The zero-order valence-electron chi connectivity index (χ0n) is 16.8. The molecule has 3 rings (SSSR count).